The van der Waals surface area contributed by atoms with Crippen LogP contribution in [-0.4, -0.2) is 61.9 Å². The maximum Gasteiger partial charge on any atom is 0.260 e. The summed E-state index contributed by atoms with van der Waals surface area (Å²) in [7, 11) is -1.60. The molecule has 0 radical (unpaired) electrons. The summed E-state index contributed by atoms with van der Waals surface area (Å²) in [6.07, 6.45) is 0. The van der Waals surface area contributed by atoms with E-state index in [9.17, 15) is 17.6 Å². The Hall–Kier alpha value is -2.40. The number of nitrogens with zero attached hydrogens (tertiary/aromatic N) is 2. The summed E-state index contributed by atoms with van der Waals surface area (Å²) in [6.45, 7) is 2.28. The Morgan fingerprint density at radius 3 is 2.28 bits per heavy atom. The number of nitrogens with one attached hydrogen (secondary N) is 2. The van der Waals surface area contributed by atoms with Crippen LogP contribution in [0.4, 0.5) is 10.1 Å². The smallest absolute Gasteiger partial charge is 0.260 e. The van der Waals surface area contributed by atoms with Gasteiger partial charge in [0, 0.05) is 31.9 Å². The molecule has 1 aliphatic rings. The first-order chi connectivity index (χ1) is 13.8. The fourth-order valence-corrected chi connectivity index (χ4v) is 4.50. The van der Waals surface area contributed by atoms with Crippen LogP contribution in [0, 0.1) is 5.82 Å². The minimum absolute atomic E-state index is 0.0204. The number of hydrogen-bond acceptors (Lipinski definition) is 5. The number of sulfonamides is 1. The van der Waals surface area contributed by atoms with Crippen molar-refractivity contribution in [1.29, 1.82) is 0 Å². The van der Waals surface area contributed by atoms with Gasteiger partial charge in [-0.25, -0.2) is 12.8 Å². The fourth-order valence-electron chi connectivity index (χ4n) is 2.87. The van der Waals surface area contributed by atoms with E-state index >= 15 is 0 Å². The number of rotatable bonds is 4. The molecule has 0 aromatic heterocycles. The highest BCUT2D eigenvalue weighted by molar-refractivity contribution is 7.89. The number of amides is 1. The van der Waals surface area contributed by atoms with Crippen LogP contribution >= 0.6 is 12.2 Å². The minimum atomic E-state index is -3.56. The average Bonchev–Trinajstić information content (AvgIpc) is 2.69. The van der Waals surface area contributed by atoms with Crippen molar-refractivity contribution in [1.82, 2.24) is 14.5 Å². The van der Waals surface area contributed by atoms with Gasteiger partial charge in [-0.2, -0.15) is 4.31 Å². The highest BCUT2D eigenvalue weighted by Gasteiger charge is 2.27. The molecule has 29 heavy (non-hydrogen) atoms. The molecule has 7 nitrogen and oxygen atoms in total. The molecule has 0 saturated carbocycles. The van der Waals surface area contributed by atoms with Crippen molar-refractivity contribution in [3.63, 3.8) is 0 Å². The zero-order chi connectivity index (χ0) is 21.0. The van der Waals surface area contributed by atoms with Gasteiger partial charge in [0.1, 0.15) is 5.82 Å². The van der Waals surface area contributed by atoms with E-state index in [1.165, 1.54) is 34.6 Å². The van der Waals surface area contributed by atoms with Gasteiger partial charge < -0.3 is 10.2 Å². The number of anilines is 1. The molecule has 0 spiro atoms. The van der Waals surface area contributed by atoms with Crippen molar-refractivity contribution in [2.45, 2.75) is 4.90 Å². The van der Waals surface area contributed by atoms with Gasteiger partial charge in [0.05, 0.1) is 10.5 Å². The van der Waals surface area contributed by atoms with Gasteiger partial charge in [0.2, 0.25) is 10.0 Å². The molecule has 1 amide bonds. The number of hydrogen-bond donors (Lipinski definition) is 2. The lowest BCUT2D eigenvalue weighted by Crippen LogP contribution is -2.46. The summed E-state index contributed by atoms with van der Waals surface area (Å²) in [4.78, 5) is 14.4. The summed E-state index contributed by atoms with van der Waals surface area (Å²) >= 11 is 5.08. The lowest BCUT2D eigenvalue weighted by Gasteiger charge is -2.31. The molecular formula is C19H21FN4O3S2. The van der Waals surface area contributed by atoms with Gasteiger partial charge in [-0.05, 0) is 55.7 Å². The van der Waals surface area contributed by atoms with Crippen LogP contribution in [0.25, 0.3) is 0 Å². The van der Waals surface area contributed by atoms with E-state index < -0.39 is 21.7 Å². The number of thiocarbonyl (C=S) groups is 1. The molecule has 0 aliphatic carbocycles. The zero-order valence-electron chi connectivity index (χ0n) is 15.8. The van der Waals surface area contributed by atoms with Crippen LogP contribution < -0.4 is 10.6 Å². The second kappa shape index (κ2) is 8.95. The van der Waals surface area contributed by atoms with Gasteiger partial charge in [-0.3, -0.25) is 10.1 Å². The van der Waals surface area contributed by atoms with Crippen molar-refractivity contribution in [3.05, 3.63) is 59.9 Å². The molecule has 1 saturated heterocycles. The largest absolute Gasteiger partial charge is 0.332 e. The molecule has 0 unspecified atom stereocenters. The van der Waals surface area contributed by atoms with Crippen molar-refractivity contribution in [2.24, 2.45) is 0 Å². The highest BCUT2D eigenvalue weighted by atomic mass is 32.2. The van der Waals surface area contributed by atoms with E-state index in [2.05, 4.69) is 15.5 Å². The second-order valence-electron chi connectivity index (χ2n) is 6.62. The van der Waals surface area contributed by atoms with Gasteiger partial charge in [-0.15, -0.1) is 0 Å². The third-order valence-electron chi connectivity index (χ3n) is 4.56. The van der Waals surface area contributed by atoms with Gasteiger partial charge in [0.25, 0.3) is 5.91 Å². The second-order valence-corrected chi connectivity index (χ2v) is 8.97. The maximum atomic E-state index is 13.7. The van der Waals surface area contributed by atoms with Gasteiger partial charge >= 0.3 is 0 Å². The highest BCUT2D eigenvalue weighted by Crippen LogP contribution is 2.19. The van der Waals surface area contributed by atoms with Crippen LogP contribution in [0.1, 0.15) is 10.4 Å². The van der Waals surface area contributed by atoms with Crippen molar-refractivity contribution < 1.29 is 17.6 Å². The molecule has 0 bridgehead atoms. The summed E-state index contributed by atoms with van der Waals surface area (Å²) in [5.74, 6) is -1.32. The molecule has 1 aliphatic heterocycles. The molecule has 1 fully saturated rings. The Kier molecular flexibility index (Phi) is 6.58. The van der Waals surface area contributed by atoms with Crippen LogP contribution in [0.15, 0.2) is 53.4 Å². The molecule has 10 heteroatoms. The van der Waals surface area contributed by atoms with Crippen LogP contribution in [0.5, 0.6) is 0 Å². The SMILES string of the molecule is CN1CCN(S(=O)(=O)c2ccc(NC(=S)NC(=O)c3ccccc3F)cc2)CC1. The fraction of sp³-hybridized carbons (Fsp3) is 0.263. The predicted molar refractivity (Wildman–Crippen MR) is 113 cm³/mol. The number of halogens is 1. The summed E-state index contributed by atoms with van der Waals surface area (Å²) < 4.78 is 40.6. The summed E-state index contributed by atoms with van der Waals surface area (Å²) in [5, 5.41) is 5.16. The van der Waals surface area contributed by atoms with Crippen molar-refractivity contribution in [3.8, 4) is 0 Å². The molecular weight excluding hydrogens is 415 g/mol. The van der Waals surface area contributed by atoms with E-state index in [0.29, 0.717) is 31.9 Å². The Morgan fingerprint density at radius 1 is 1.03 bits per heavy atom. The number of likely N-dealkylation sites (N-methyl/N-ethyl adjacent to an activating group) is 1. The first-order valence-corrected chi connectivity index (χ1v) is 10.8. The molecule has 154 valence electrons. The lowest BCUT2D eigenvalue weighted by atomic mass is 10.2. The Bertz CT molecular complexity index is 1000. The number of carbonyl (C=O) groups is 1. The third-order valence-corrected chi connectivity index (χ3v) is 6.67. The van der Waals surface area contributed by atoms with E-state index in [1.54, 1.807) is 18.2 Å². The molecule has 3 rings (SSSR count). The first kappa shape index (κ1) is 21.3. The van der Waals surface area contributed by atoms with Gasteiger partial charge in [0.15, 0.2) is 5.11 Å². The zero-order valence-corrected chi connectivity index (χ0v) is 17.4. The normalized spacial score (nSPS) is 15.7. The summed E-state index contributed by atoms with van der Waals surface area (Å²) in [6, 6.07) is 11.7. The van der Waals surface area contributed by atoms with Crippen molar-refractivity contribution in [2.75, 3.05) is 38.5 Å². The lowest BCUT2D eigenvalue weighted by molar-refractivity contribution is 0.0974. The molecule has 0 atom stereocenters. The maximum absolute atomic E-state index is 13.7. The monoisotopic (exact) mass is 436 g/mol. The average molecular weight is 437 g/mol. The minimum Gasteiger partial charge on any atom is -0.332 e. The number of piperazine rings is 1. The number of carbonyl (C=O) groups excluding carboxylic acids is 1. The van der Waals surface area contributed by atoms with E-state index in [0.717, 1.165) is 0 Å². The topological polar surface area (TPSA) is 81.8 Å². The van der Waals surface area contributed by atoms with E-state index in [4.69, 9.17) is 12.2 Å². The van der Waals surface area contributed by atoms with Crippen LogP contribution in [-0.2, 0) is 10.0 Å². The molecule has 1 heterocycles. The quantitative estimate of drug-likeness (QED) is 0.713. The molecule has 2 N–H and O–H groups in total. The number of benzene rings is 2. The van der Waals surface area contributed by atoms with Crippen LogP contribution in [0.3, 0.4) is 0 Å². The standard InChI is InChI=1S/C19H21FN4O3S2/c1-23-10-12-24(13-11-23)29(26,27)15-8-6-14(7-9-15)21-19(28)22-18(25)16-4-2-3-5-17(16)20/h2-9H,10-13H2,1H3,(H2,21,22,25,28). The Morgan fingerprint density at radius 2 is 1.66 bits per heavy atom. The van der Waals surface area contributed by atoms with Crippen molar-refractivity contribution >= 4 is 38.9 Å². The summed E-state index contributed by atoms with van der Waals surface area (Å²) in [5.41, 5.74) is 0.381. The van der Waals surface area contributed by atoms with Crippen LogP contribution in [0.2, 0.25) is 0 Å². The Labute approximate surface area is 174 Å². The first-order valence-electron chi connectivity index (χ1n) is 8.93. The Balaban J connectivity index is 1.62. The third kappa shape index (κ3) is 5.15. The predicted octanol–water partition coefficient (Wildman–Crippen LogP) is 1.89. The molecule has 2 aromatic rings. The van der Waals surface area contributed by atoms with Gasteiger partial charge in [-0.1, -0.05) is 12.1 Å². The molecule has 2 aromatic carbocycles. The van der Waals surface area contributed by atoms with E-state index in [1.807, 2.05) is 7.05 Å². The van der Waals surface area contributed by atoms with E-state index in [-0.39, 0.29) is 15.6 Å².